The summed E-state index contributed by atoms with van der Waals surface area (Å²) in [4.78, 5) is 0. The van der Waals surface area contributed by atoms with Crippen LogP contribution in [-0.4, -0.2) is 19.1 Å². The molecule has 0 heterocycles. The minimum absolute atomic E-state index is 0.0833. The molecule has 0 fully saturated rings. The van der Waals surface area contributed by atoms with Crippen molar-refractivity contribution in [3.05, 3.63) is 0 Å². The van der Waals surface area contributed by atoms with Gasteiger partial charge in [0.05, 0.1) is 11.8 Å². The van der Waals surface area contributed by atoms with E-state index in [1.165, 1.54) is 0 Å². The highest BCUT2D eigenvalue weighted by atomic mass is 35.5. The van der Waals surface area contributed by atoms with E-state index in [-0.39, 0.29) is 11.8 Å². The summed E-state index contributed by atoms with van der Waals surface area (Å²) in [5, 5.41) is 0. The average Bonchev–Trinajstić information content (AvgIpc) is 2.02. The normalized spacial score (nSPS) is 13.5. The maximum absolute atomic E-state index is 5.70. The zero-order chi connectivity index (χ0) is 9.83. The maximum Gasteiger partial charge on any atom is 0.186 e. The van der Waals surface area contributed by atoms with Crippen LogP contribution in [0.1, 0.15) is 0 Å². The number of hydrogen-bond acceptors (Lipinski definition) is 2. The molecule has 0 atom stereocenters. The molecule has 0 aromatic carbocycles. The second-order valence-corrected chi connectivity index (χ2v) is 8.83. The van der Waals surface area contributed by atoms with Gasteiger partial charge in [-0.05, 0) is 0 Å². The third kappa shape index (κ3) is 6.83. The second kappa shape index (κ2) is 6.12. The maximum atomic E-state index is 5.70. The van der Waals surface area contributed by atoms with Crippen molar-refractivity contribution in [2.45, 2.75) is 7.33 Å². The van der Waals surface area contributed by atoms with Crippen molar-refractivity contribution in [2.75, 3.05) is 11.8 Å². The first-order valence-electron chi connectivity index (χ1n) is 2.57. The molecule has 0 aliphatic rings. The van der Waals surface area contributed by atoms with E-state index in [1.807, 2.05) is 0 Å². The fraction of sp³-hybridized carbons (Fsp3) is 1.00. The van der Waals surface area contributed by atoms with E-state index < -0.39 is 7.33 Å². The van der Waals surface area contributed by atoms with Gasteiger partial charge in [0.2, 0.25) is 0 Å². The minimum atomic E-state index is -1.09. The molecule has 74 valence electrons. The fourth-order valence-electron chi connectivity index (χ4n) is 0.166. The highest BCUT2D eigenvalue weighted by molar-refractivity contribution is 8.78. The molecule has 0 aliphatic carbocycles. The number of rotatable bonds is 5. The summed E-state index contributed by atoms with van der Waals surface area (Å²) in [5.41, 5.74) is 0. The molecule has 0 bridgehead atoms. The van der Waals surface area contributed by atoms with Crippen molar-refractivity contribution in [3.8, 4) is 0 Å². The summed E-state index contributed by atoms with van der Waals surface area (Å²) in [6.07, 6.45) is 0. The molecule has 0 spiro atoms. The Kier molecular flexibility index (Phi) is 7.36. The lowest BCUT2D eigenvalue weighted by Crippen LogP contribution is -2.12. The molecule has 0 amide bonds. The molecule has 0 aromatic rings. The predicted octanol–water partition coefficient (Wildman–Crippen LogP) is 5.11. The molecule has 0 aromatic heterocycles. The number of halogens is 6. The first kappa shape index (κ1) is 14.4. The Morgan fingerprint density at radius 2 is 1.00 bits per heavy atom. The highest BCUT2D eigenvalue weighted by Gasteiger charge is 2.31. The van der Waals surface area contributed by atoms with Crippen LogP contribution in [0.5, 0.6) is 0 Å². The Balaban J connectivity index is 3.82. The molecule has 8 heteroatoms. The molecule has 0 saturated carbocycles. The van der Waals surface area contributed by atoms with Crippen LogP contribution in [0.2, 0.25) is 0 Å². The monoisotopic (exact) mass is 326 g/mol. The molecule has 0 aliphatic heterocycles. The highest BCUT2D eigenvalue weighted by Crippen LogP contribution is 2.52. The molecule has 0 rings (SSSR count). The summed E-state index contributed by atoms with van der Waals surface area (Å²) >= 11 is 33.7. The van der Waals surface area contributed by atoms with E-state index in [0.717, 1.165) is 21.6 Å². The van der Waals surface area contributed by atoms with Crippen molar-refractivity contribution in [1.29, 1.82) is 0 Å². The average molecular weight is 329 g/mol. The van der Waals surface area contributed by atoms with Crippen LogP contribution < -0.4 is 0 Å². The fourth-order valence-corrected chi connectivity index (χ4v) is 3.43. The third-order valence-electron chi connectivity index (χ3n) is 0.597. The van der Waals surface area contributed by atoms with Crippen molar-refractivity contribution in [2.24, 2.45) is 0 Å². The zero-order valence-electron chi connectivity index (χ0n) is 5.50. The van der Waals surface area contributed by atoms with E-state index in [0.29, 0.717) is 0 Å². The van der Waals surface area contributed by atoms with E-state index in [4.69, 9.17) is 69.6 Å². The van der Waals surface area contributed by atoms with Gasteiger partial charge in [-0.15, -0.1) is 23.2 Å². The van der Waals surface area contributed by atoms with E-state index in [9.17, 15) is 0 Å². The van der Waals surface area contributed by atoms with E-state index >= 15 is 0 Å². The summed E-state index contributed by atoms with van der Waals surface area (Å²) in [6, 6.07) is 0. The minimum Gasteiger partial charge on any atom is -0.122 e. The first-order valence-corrected chi connectivity index (χ1v) is 7.30. The molecular formula is C4H4Cl6S2. The van der Waals surface area contributed by atoms with Crippen LogP contribution in [0.3, 0.4) is 0 Å². The van der Waals surface area contributed by atoms with Crippen molar-refractivity contribution in [3.63, 3.8) is 0 Å². The van der Waals surface area contributed by atoms with Gasteiger partial charge in [0.15, 0.2) is 7.33 Å². The van der Waals surface area contributed by atoms with Gasteiger partial charge in [-0.3, -0.25) is 0 Å². The largest absolute Gasteiger partial charge is 0.186 e. The Morgan fingerprint density at radius 3 is 1.17 bits per heavy atom. The first-order chi connectivity index (χ1) is 5.33. The molecular weight excluding hydrogens is 325 g/mol. The van der Waals surface area contributed by atoms with Gasteiger partial charge < -0.3 is 0 Å². The van der Waals surface area contributed by atoms with Crippen molar-refractivity contribution >= 4 is 91.2 Å². The van der Waals surface area contributed by atoms with Gasteiger partial charge >= 0.3 is 0 Å². The quantitative estimate of drug-likeness (QED) is 0.508. The lowest BCUT2D eigenvalue weighted by atomic mass is 10.9. The predicted molar refractivity (Wildman–Crippen MR) is 65.5 cm³/mol. The lowest BCUT2D eigenvalue weighted by molar-refractivity contribution is 1.30. The smallest absolute Gasteiger partial charge is 0.122 e. The summed E-state index contributed by atoms with van der Waals surface area (Å²) in [5.74, 6) is 0.167. The molecule has 0 nitrogen and oxygen atoms in total. The molecule has 0 unspecified atom stereocenters. The van der Waals surface area contributed by atoms with Gasteiger partial charge in [0, 0.05) is 0 Å². The number of hydrogen-bond donors (Lipinski definition) is 0. The van der Waals surface area contributed by atoms with Gasteiger partial charge in [0.1, 0.15) is 0 Å². The Bertz CT molecular complexity index is 122. The zero-order valence-corrected chi connectivity index (χ0v) is 11.7. The SMILES string of the molecule is ClCC(Cl)(Cl)SSC(Cl)(Cl)CCl. The van der Waals surface area contributed by atoms with Gasteiger partial charge in [-0.1, -0.05) is 68.0 Å². The van der Waals surface area contributed by atoms with Crippen LogP contribution in [0.15, 0.2) is 0 Å². The molecule has 0 saturated heterocycles. The second-order valence-electron chi connectivity index (χ2n) is 1.71. The van der Waals surface area contributed by atoms with Crippen LogP contribution in [-0.2, 0) is 0 Å². The van der Waals surface area contributed by atoms with Gasteiger partial charge in [0.25, 0.3) is 0 Å². The summed E-state index contributed by atoms with van der Waals surface area (Å²) < 4.78 is -2.18. The Morgan fingerprint density at radius 1 is 0.750 bits per heavy atom. The number of alkyl halides is 6. The van der Waals surface area contributed by atoms with Crippen LogP contribution in [0.25, 0.3) is 0 Å². The molecule has 0 N–H and O–H groups in total. The Hall–Kier alpha value is 2.44. The third-order valence-corrected chi connectivity index (χ3v) is 7.64. The Labute approximate surface area is 109 Å². The topological polar surface area (TPSA) is 0 Å². The summed E-state index contributed by atoms with van der Waals surface area (Å²) in [7, 11) is 2.15. The van der Waals surface area contributed by atoms with Gasteiger partial charge in [-0.25, -0.2) is 0 Å². The van der Waals surface area contributed by atoms with E-state index in [1.54, 1.807) is 0 Å². The van der Waals surface area contributed by atoms with Crippen molar-refractivity contribution < 1.29 is 0 Å². The van der Waals surface area contributed by atoms with Gasteiger partial charge in [-0.2, -0.15) is 0 Å². The van der Waals surface area contributed by atoms with Crippen molar-refractivity contribution in [1.82, 2.24) is 0 Å². The molecule has 0 radical (unpaired) electrons. The molecule has 12 heavy (non-hydrogen) atoms. The van der Waals surface area contributed by atoms with Crippen LogP contribution >= 0.6 is 91.2 Å². The lowest BCUT2D eigenvalue weighted by Gasteiger charge is -2.20. The standard InChI is InChI=1S/C4H4Cl6S2/c5-1-3(7,8)11-12-4(9,10)2-6/h1-2H2. The van der Waals surface area contributed by atoms with E-state index in [2.05, 4.69) is 0 Å². The van der Waals surface area contributed by atoms with Crippen LogP contribution in [0, 0.1) is 0 Å². The summed E-state index contributed by atoms with van der Waals surface area (Å²) in [6.45, 7) is 0. The van der Waals surface area contributed by atoms with Crippen LogP contribution in [0.4, 0.5) is 0 Å².